The van der Waals surface area contributed by atoms with Gasteiger partial charge in [0, 0.05) is 26.2 Å². The maximum absolute atomic E-state index is 9.36. The summed E-state index contributed by atoms with van der Waals surface area (Å²) in [6, 6.07) is 0.255. The van der Waals surface area contributed by atoms with Crippen LogP contribution in [-0.2, 0) is 4.74 Å². The molecule has 0 amide bonds. The molecule has 0 aliphatic carbocycles. The third kappa shape index (κ3) is 2.19. The van der Waals surface area contributed by atoms with E-state index in [4.69, 9.17) is 4.74 Å². The van der Waals surface area contributed by atoms with E-state index in [1.54, 1.807) is 7.11 Å². The van der Waals surface area contributed by atoms with Crippen LogP contribution >= 0.6 is 0 Å². The van der Waals surface area contributed by atoms with E-state index in [1.807, 2.05) is 6.92 Å². The van der Waals surface area contributed by atoms with Crippen molar-refractivity contribution in [3.63, 3.8) is 0 Å². The van der Waals surface area contributed by atoms with Gasteiger partial charge in [0.25, 0.3) is 0 Å². The standard InChI is InChI=1S/C9H19NO2/c1-7(8(2)11)10-5-4-9(6-10)12-3/h7-9,11H,4-6H2,1-3H3. The Morgan fingerprint density at radius 1 is 1.50 bits per heavy atom. The van der Waals surface area contributed by atoms with E-state index in [-0.39, 0.29) is 12.1 Å². The van der Waals surface area contributed by atoms with E-state index in [9.17, 15) is 5.11 Å². The number of hydrogen-bond donors (Lipinski definition) is 1. The molecule has 72 valence electrons. The fourth-order valence-electron chi connectivity index (χ4n) is 1.62. The molecule has 3 unspecified atom stereocenters. The van der Waals surface area contributed by atoms with Crippen LogP contribution in [0.2, 0.25) is 0 Å². The molecular formula is C9H19NO2. The summed E-state index contributed by atoms with van der Waals surface area (Å²) in [5.74, 6) is 0. The number of likely N-dealkylation sites (tertiary alicyclic amines) is 1. The molecule has 0 aromatic carbocycles. The molecular weight excluding hydrogens is 154 g/mol. The number of ether oxygens (including phenoxy) is 1. The zero-order valence-electron chi connectivity index (χ0n) is 8.16. The molecule has 0 saturated carbocycles. The summed E-state index contributed by atoms with van der Waals surface area (Å²) in [5.41, 5.74) is 0. The van der Waals surface area contributed by atoms with Crippen molar-refractivity contribution >= 4 is 0 Å². The Labute approximate surface area is 74.3 Å². The smallest absolute Gasteiger partial charge is 0.0710 e. The van der Waals surface area contributed by atoms with Crippen molar-refractivity contribution in [2.75, 3.05) is 20.2 Å². The van der Waals surface area contributed by atoms with E-state index in [2.05, 4.69) is 11.8 Å². The van der Waals surface area contributed by atoms with E-state index in [1.165, 1.54) is 0 Å². The first kappa shape index (κ1) is 9.96. The normalized spacial score (nSPS) is 30.5. The monoisotopic (exact) mass is 173 g/mol. The number of rotatable bonds is 3. The molecule has 0 spiro atoms. The molecule has 1 rings (SSSR count). The van der Waals surface area contributed by atoms with E-state index >= 15 is 0 Å². The largest absolute Gasteiger partial charge is 0.392 e. The Balaban J connectivity index is 2.35. The molecule has 1 fully saturated rings. The van der Waals surface area contributed by atoms with Crippen molar-refractivity contribution in [1.29, 1.82) is 0 Å². The molecule has 3 nitrogen and oxygen atoms in total. The number of hydrogen-bond acceptors (Lipinski definition) is 3. The lowest BCUT2D eigenvalue weighted by molar-refractivity contribution is 0.0636. The van der Waals surface area contributed by atoms with E-state index in [0.717, 1.165) is 19.5 Å². The highest BCUT2D eigenvalue weighted by molar-refractivity contribution is 4.81. The first-order valence-corrected chi connectivity index (χ1v) is 4.60. The molecule has 1 heterocycles. The van der Waals surface area contributed by atoms with Gasteiger partial charge in [-0.15, -0.1) is 0 Å². The molecule has 1 saturated heterocycles. The maximum Gasteiger partial charge on any atom is 0.0710 e. The molecule has 12 heavy (non-hydrogen) atoms. The maximum atomic E-state index is 9.36. The van der Waals surface area contributed by atoms with Crippen molar-refractivity contribution in [3.05, 3.63) is 0 Å². The van der Waals surface area contributed by atoms with Crippen LogP contribution < -0.4 is 0 Å². The van der Waals surface area contributed by atoms with Crippen molar-refractivity contribution in [2.45, 2.75) is 38.5 Å². The molecule has 1 aliphatic heterocycles. The van der Waals surface area contributed by atoms with Crippen LogP contribution in [-0.4, -0.2) is 48.5 Å². The van der Waals surface area contributed by atoms with Crippen LogP contribution in [0.4, 0.5) is 0 Å². The zero-order chi connectivity index (χ0) is 9.14. The molecule has 1 aliphatic rings. The molecule has 3 atom stereocenters. The molecule has 0 bridgehead atoms. The van der Waals surface area contributed by atoms with Gasteiger partial charge in [0.1, 0.15) is 0 Å². The van der Waals surface area contributed by atoms with Gasteiger partial charge in [-0.25, -0.2) is 0 Å². The van der Waals surface area contributed by atoms with Crippen LogP contribution in [0.15, 0.2) is 0 Å². The van der Waals surface area contributed by atoms with Crippen LogP contribution in [0.25, 0.3) is 0 Å². The van der Waals surface area contributed by atoms with Gasteiger partial charge >= 0.3 is 0 Å². The van der Waals surface area contributed by atoms with Crippen LogP contribution in [0.3, 0.4) is 0 Å². The highest BCUT2D eigenvalue weighted by Crippen LogP contribution is 2.16. The highest BCUT2D eigenvalue weighted by Gasteiger charge is 2.27. The van der Waals surface area contributed by atoms with E-state index < -0.39 is 0 Å². The lowest BCUT2D eigenvalue weighted by Gasteiger charge is -2.26. The number of methoxy groups -OCH3 is 1. The fraction of sp³-hybridized carbons (Fsp3) is 1.00. The Hall–Kier alpha value is -0.120. The van der Waals surface area contributed by atoms with Crippen molar-refractivity contribution in [2.24, 2.45) is 0 Å². The summed E-state index contributed by atoms with van der Waals surface area (Å²) < 4.78 is 5.25. The highest BCUT2D eigenvalue weighted by atomic mass is 16.5. The zero-order valence-corrected chi connectivity index (χ0v) is 8.16. The van der Waals surface area contributed by atoms with Crippen molar-refractivity contribution < 1.29 is 9.84 Å². The van der Waals surface area contributed by atoms with Gasteiger partial charge in [0.05, 0.1) is 12.2 Å². The first-order valence-electron chi connectivity index (χ1n) is 4.60. The van der Waals surface area contributed by atoms with Crippen LogP contribution in [0.5, 0.6) is 0 Å². The van der Waals surface area contributed by atoms with E-state index in [0.29, 0.717) is 6.10 Å². The Morgan fingerprint density at radius 3 is 2.58 bits per heavy atom. The summed E-state index contributed by atoms with van der Waals surface area (Å²) in [7, 11) is 1.75. The number of nitrogens with zero attached hydrogens (tertiary/aromatic N) is 1. The van der Waals surface area contributed by atoms with Gasteiger partial charge < -0.3 is 9.84 Å². The third-order valence-corrected chi connectivity index (χ3v) is 2.78. The van der Waals surface area contributed by atoms with Gasteiger partial charge in [0.2, 0.25) is 0 Å². The minimum Gasteiger partial charge on any atom is -0.392 e. The Kier molecular flexibility index (Phi) is 3.50. The topological polar surface area (TPSA) is 32.7 Å². The fourth-order valence-corrected chi connectivity index (χ4v) is 1.62. The quantitative estimate of drug-likeness (QED) is 0.673. The summed E-state index contributed by atoms with van der Waals surface area (Å²) in [6.45, 7) is 5.90. The Bertz CT molecular complexity index is 138. The second-order valence-corrected chi connectivity index (χ2v) is 3.62. The first-order chi connectivity index (χ1) is 5.65. The predicted molar refractivity (Wildman–Crippen MR) is 48.1 cm³/mol. The predicted octanol–water partition coefficient (Wildman–Crippen LogP) is 0.476. The summed E-state index contributed by atoms with van der Waals surface area (Å²) in [5, 5.41) is 9.36. The molecule has 3 heteroatoms. The molecule has 0 aromatic rings. The van der Waals surface area contributed by atoms with Crippen LogP contribution in [0, 0.1) is 0 Å². The minimum atomic E-state index is -0.249. The lowest BCUT2D eigenvalue weighted by atomic mass is 10.2. The van der Waals surface area contributed by atoms with Gasteiger partial charge in [-0.2, -0.15) is 0 Å². The SMILES string of the molecule is COC1CCN(C(C)C(C)O)C1. The number of aliphatic hydroxyl groups is 1. The van der Waals surface area contributed by atoms with Crippen molar-refractivity contribution in [1.82, 2.24) is 4.90 Å². The van der Waals surface area contributed by atoms with Gasteiger partial charge in [-0.1, -0.05) is 0 Å². The Morgan fingerprint density at radius 2 is 2.17 bits per heavy atom. The van der Waals surface area contributed by atoms with Gasteiger partial charge in [-0.05, 0) is 20.3 Å². The lowest BCUT2D eigenvalue weighted by Crippen LogP contribution is -2.39. The molecule has 1 N–H and O–H groups in total. The average molecular weight is 173 g/mol. The van der Waals surface area contributed by atoms with Crippen LogP contribution in [0.1, 0.15) is 20.3 Å². The molecule has 0 aromatic heterocycles. The second kappa shape index (κ2) is 4.21. The van der Waals surface area contributed by atoms with Gasteiger partial charge in [-0.3, -0.25) is 4.90 Å². The van der Waals surface area contributed by atoms with Crippen molar-refractivity contribution in [3.8, 4) is 0 Å². The molecule has 0 radical (unpaired) electrons. The second-order valence-electron chi connectivity index (χ2n) is 3.62. The summed E-state index contributed by atoms with van der Waals surface area (Å²) in [6.07, 6.45) is 1.21. The average Bonchev–Trinajstić information content (AvgIpc) is 2.50. The van der Waals surface area contributed by atoms with Gasteiger partial charge in [0.15, 0.2) is 0 Å². The summed E-state index contributed by atoms with van der Waals surface area (Å²) >= 11 is 0. The minimum absolute atomic E-state index is 0.249. The number of aliphatic hydroxyl groups excluding tert-OH is 1. The third-order valence-electron chi connectivity index (χ3n) is 2.78. The summed E-state index contributed by atoms with van der Waals surface area (Å²) in [4.78, 5) is 2.28.